The van der Waals surface area contributed by atoms with Crippen molar-refractivity contribution in [1.82, 2.24) is 10.2 Å². The van der Waals surface area contributed by atoms with Crippen molar-refractivity contribution >= 4 is 73.9 Å². The molecule has 0 saturated carbocycles. The van der Waals surface area contributed by atoms with E-state index >= 15 is 0 Å². The lowest BCUT2D eigenvalue weighted by molar-refractivity contribution is -0.140. The highest BCUT2D eigenvalue weighted by Crippen LogP contribution is 2.34. The van der Waals surface area contributed by atoms with E-state index in [0.29, 0.717) is 15.6 Å². The van der Waals surface area contributed by atoms with Gasteiger partial charge in [0, 0.05) is 34.6 Å². The maximum Gasteiger partial charge on any atom is 0.244 e. The third kappa shape index (κ3) is 8.27. The van der Waals surface area contributed by atoms with Crippen molar-refractivity contribution in [1.29, 1.82) is 0 Å². The first-order valence-electron chi connectivity index (χ1n) is 12.3. The van der Waals surface area contributed by atoms with E-state index in [9.17, 15) is 18.0 Å². The van der Waals surface area contributed by atoms with Crippen LogP contribution in [0.5, 0.6) is 0 Å². The van der Waals surface area contributed by atoms with Gasteiger partial charge in [-0.15, -0.1) is 0 Å². The van der Waals surface area contributed by atoms with Gasteiger partial charge < -0.3 is 10.2 Å². The molecule has 40 heavy (non-hydrogen) atoms. The highest BCUT2D eigenvalue weighted by atomic mass is 35.5. The molecule has 3 aromatic rings. The molecule has 0 radical (unpaired) electrons. The number of nitrogens with zero attached hydrogens (tertiary/aromatic N) is 2. The fraction of sp³-hybridized carbons (Fsp3) is 0.286. The number of rotatable bonds is 11. The number of halogens is 4. The van der Waals surface area contributed by atoms with Gasteiger partial charge in [0.2, 0.25) is 21.8 Å². The van der Waals surface area contributed by atoms with Gasteiger partial charge in [-0.25, -0.2) is 8.42 Å². The average Bonchev–Trinajstić information content (AvgIpc) is 2.87. The Bertz CT molecular complexity index is 1450. The van der Waals surface area contributed by atoms with Gasteiger partial charge >= 0.3 is 0 Å². The van der Waals surface area contributed by atoms with Crippen molar-refractivity contribution < 1.29 is 18.0 Å². The highest BCUT2D eigenvalue weighted by Gasteiger charge is 2.34. The molecule has 214 valence electrons. The summed E-state index contributed by atoms with van der Waals surface area (Å²) in [5, 5.41) is 3.57. The Kier molecular flexibility index (Phi) is 11.1. The van der Waals surface area contributed by atoms with Crippen LogP contribution >= 0.6 is 46.4 Å². The number of hydrogen-bond acceptors (Lipinski definition) is 4. The standard InChI is InChI=1S/C28H29Cl4N3O4S/c1-18(2)33-28(37)25(15-19-9-5-4-6-10-19)34(16-20-21(29)11-7-12-22(20)30)26(36)17-35(40(3,38)39)24-14-8-13-23(31)27(24)32/h4-14,18,25H,15-17H2,1-3H3,(H,33,37). The smallest absolute Gasteiger partial charge is 0.244 e. The molecule has 0 aliphatic heterocycles. The summed E-state index contributed by atoms with van der Waals surface area (Å²) in [6.07, 6.45) is 1.11. The van der Waals surface area contributed by atoms with E-state index in [0.717, 1.165) is 16.1 Å². The lowest BCUT2D eigenvalue weighted by Crippen LogP contribution is -2.54. The fourth-order valence-corrected chi connectivity index (χ4v) is 5.89. The molecule has 1 N–H and O–H groups in total. The van der Waals surface area contributed by atoms with Crippen molar-refractivity contribution in [2.75, 3.05) is 17.1 Å². The molecule has 7 nitrogen and oxygen atoms in total. The second-order valence-electron chi connectivity index (χ2n) is 9.43. The molecular formula is C28H29Cl4N3O4S. The number of anilines is 1. The molecule has 3 aromatic carbocycles. The number of carbonyl (C=O) groups is 2. The molecule has 1 atom stereocenters. The molecule has 0 bridgehead atoms. The zero-order chi connectivity index (χ0) is 29.6. The number of carbonyl (C=O) groups excluding carboxylic acids is 2. The van der Waals surface area contributed by atoms with Crippen LogP contribution in [0.1, 0.15) is 25.0 Å². The summed E-state index contributed by atoms with van der Waals surface area (Å²) in [6.45, 7) is 2.81. The van der Waals surface area contributed by atoms with Crippen LogP contribution in [0.4, 0.5) is 5.69 Å². The second-order valence-corrected chi connectivity index (χ2v) is 12.9. The molecule has 0 saturated heterocycles. The number of amides is 2. The maximum atomic E-state index is 14.1. The van der Waals surface area contributed by atoms with Crippen LogP contribution in [0.3, 0.4) is 0 Å². The molecule has 2 amide bonds. The summed E-state index contributed by atoms with van der Waals surface area (Å²) < 4.78 is 26.7. The lowest BCUT2D eigenvalue weighted by Gasteiger charge is -2.34. The summed E-state index contributed by atoms with van der Waals surface area (Å²) >= 11 is 25.4. The van der Waals surface area contributed by atoms with Gasteiger partial charge in [0.25, 0.3) is 0 Å². The Morgan fingerprint density at radius 3 is 2.00 bits per heavy atom. The van der Waals surface area contributed by atoms with E-state index in [1.54, 1.807) is 32.0 Å². The Hall–Kier alpha value is -2.49. The molecule has 0 spiro atoms. The molecule has 12 heteroatoms. The van der Waals surface area contributed by atoms with Crippen molar-refractivity contribution in [3.8, 4) is 0 Å². The number of sulfonamides is 1. The Labute approximate surface area is 255 Å². The fourth-order valence-electron chi connectivity index (χ4n) is 4.07. The normalized spacial score (nSPS) is 12.2. The van der Waals surface area contributed by atoms with Crippen LogP contribution in [0.25, 0.3) is 0 Å². The topological polar surface area (TPSA) is 86.8 Å². The predicted molar refractivity (Wildman–Crippen MR) is 163 cm³/mol. The molecule has 0 aliphatic rings. The average molecular weight is 645 g/mol. The van der Waals surface area contributed by atoms with Crippen molar-refractivity contribution in [2.45, 2.75) is 38.9 Å². The van der Waals surface area contributed by atoms with E-state index in [4.69, 9.17) is 46.4 Å². The molecule has 0 heterocycles. The molecule has 1 unspecified atom stereocenters. The minimum atomic E-state index is -4.01. The Balaban J connectivity index is 2.13. The first kappa shape index (κ1) is 32.0. The number of benzene rings is 3. The second kappa shape index (κ2) is 13.9. The Morgan fingerprint density at radius 2 is 1.43 bits per heavy atom. The molecule has 3 rings (SSSR count). The van der Waals surface area contributed by atoms with E-state index in [1.807, 2.05) is 30.3 Å². The van der Waals surface area contributed by atoms with Gasteiger partial charge in [0.05, 0.1) is 22.0 Å². The van der Waals surface area contributed by atoms with Gasteiger partial charge in [-0.2, -0.15) is 0 Å². The zero-order valence-corrected chi connectivity index (χ0v) is 25.9. The predicted octanol–water partition coefficient (Wildman–Crippen LogP) is 6.23. The number of nitrogens with one attached hydrogen (secondary N) is 1. The quantitative estimate of drug-likeness (QED) is 0.268. The van der Waals surface area contributed by atoms with Gasteiger partial charge in [0.15, 0.2) is 0 Å². The van der Waals surface area contributed by atoms with Crippen LogP contribution in [0.15, 0.2) is 66.7 Å². The van der Waals surface area contributed by atoms with Crippen molar-refractivity contribution in [3.05, 3.63) is 97.9 Å². The molecule has 0 aromatic heterocycles. The third-order valence-electron chi connectivity index (χ3n) is 5.97. The SMILES string of the molecule is CC(C)NC(=O)C(Cc1ccccc1)N(Cc1c(Cl)cccc1Cl)C(=O)CN(c1cccc(Cl)c1Cl)S(C)(=O)=O. The minimum absolute atomic E-state index is 0.0264. The molecular weight excluding hydrogens is 616 g/mol. The van der Waals surface area contributed by atoms with Gasteiger partial charge in [-0.05, 0) is 43.7 Å². The maximum absolute atomic E-state index is 14.1. The summed E-state index contributed by atoms with van der Waals surface area (Å²) in [7, 11) is -4.01. The van der Waals surface area contributed by atoms with Crippen molar-refractivity contribution in [3.63, 3.8) is 0 Å². The molecule has 0 aliphatic carbocycles. The first-order chi connectivity index (χ1) is 18.8. The van der Waals surface area contributed by atoms with Crippen LogP contribution in [-0.4, -0.2) is 50.0 Å². The van der Waals surface area contributed by atoms with E-state index < -0.39 is 34.4 Å². The van der Waals surface area contributed by atoms with Crippen LogP contribution < -0.4 is 9.62 Å². The van der Waals surface area contributed by atoms with E-state index in [1.165, 1.54) is 23.1 Å². The highest BCUT2D eigenvalue weighted by molar-refractivity contribution is 7.92. The largest absolute Gasteiger partial charge is 0.352 e. The van der Waals surface area contributed by atoms with Crippen molar-refractivity contribution in [2.24, 2.45) is 0 Å². The van der Waals surface area contributed by atoms with Crippen LogP contribution in [0.2, 0.25) is 20.1 Å². The number of hydrogen-bond donors (Lipinski definition) is 1. The Morgan fingerprint density at radius 1 is 0.850 bits per heavy atom. The van der Waals surface area contributed by atoms with Gasteiger partial charge in [0.1, 0.15) is 12.6 Å². The summed E-state index contributed by atoms with van der Waals surface area (Å²) in [5.74, 6) is -1.08. The summed E-state index contributed by atoms with van der Waals surface area (Å²) in [6, 6.07) is 17.3. The first-order valence-corrected chi connectivity index (χ1v) is 15.6. The lowest BCUT2D eigenvalue weighted by atomic mass is 10.0. The van der Waals surface area contributed by atoms with Gasteiger partial charge in [-0.3, -0.25) is 13.9 Å². The summed E-state index contributed by atoms with van der Waals surface area (Å²) in [4.78, 5) is 29.0. The third-order valence-corrected chi connectivity index (χ3v) is 8.61. The zero-order valence-electron chi connectivity index (χ0n) is 22.1. The van der Waals surface area contributed by atoms with E-state index in [-0.39, 0.29) is 34.7 Å². The molecule has 0 fully saturated rings. The monoisotopic (exact) mass is 643 g/mol. The minimum Gasteiger partial charge on any atom is -0.352 e. The van der Waals surface area contributed by atoms with Crippen LogP contribution in [0, 0.1) is 0 Å². The van der Waals surface area contributed by atoms with E-state index in [2.05, 4.69) is 5.32 Å². The van der Waals surface area contributed by atoms with Crippen LogP contribution in [-0.2, 0) is 32.6 Å². The summed E-state index contributed by atoms with van der Waals surface area (Å²) in [5.41, 5.74) is 1.25. The van der Waals surface area contributed by atoms with Gasteiger partial charge in [-0.1, -0.05) is 88.9 Å².